The van der Waals surface area contributed by atoms with E-state index in [0.717, 1.165) is 33.5 Å². The number of H-pyrrole nitrogens is 1. The number of aromatic nitrogens is 2. The molecule has 0 radical (unpaired) electrons. The number of aliphatic hydroxyl groups excluding tert-OH is 1. The molecule has 2 aromatic carbocycles. The van der Waals surface area contributed by atoms with Gasteiger partial charge in [0.1, 0.15) is 5.82 Å². The first kappa shape index (κ1) is 11.0. The van der Waals surface area contributed by atoms with E-state index in [-0.39, 0.29) is 6.61 Å². The number of aryl methyl sites for hydroxylation is 1. The number of benzene rings is 2. The van der Waals surface area contributed by atoms with Crippen LogP contribution in [0.5, 0.6) is 0 Å². The van der Waals surface area contributed by atoms with Crippen LogP contribution in [-0.2, 0) is 6.61 Å². The van der Waals surface area contributed by atoms with Gasteiger partial charge in [0, 0.05) is 5.56 Å². The summed E-state index contributed by atoms with van der Waals surface area (Å²) in [6, 6.07) is 13.9. The maximum absolute atomic E-state index is 9.26. The molecule has 18 heavy (non-hydrogen) atoms. The smallest absolute Gasteiger partial charge is 0.138 e. The lowest BCUT2D eigenvalue weighted by Crippen LogP contribution is -1.89. The Morgan fingerprint density at radius 1 is 1.11 bits per heavy atom. The third-order valence-electron chi connectivity index (χ3n) is 3.24. The first-order valence-corrected chi connectivity index (χ1v) is 5.94. The molecule has 0 fully saturated rings. The minimum Gasteiger partial charge on any atom is -0.392 e. The second-order valence-corrected chi connectivity index (χ2v) is 4.36. The molecule has 0 aliphatic rings. The number of fused-ring (bicyclic) bond motifs is 1. The zero-order valence-electron chi connectivity index (χ0n) is 10.1. The van der Waals surface area contributed by atoms with Crippen LogP contribution in [0.3, 0.4) is 0 Å². The van der Waals surface area contributed by atoms with Crippen LogP contribution in [0.25, 0.3) is 22.4 Å². The molecule has 3 rings (SSSR count). The summed E-state index contributed by atoms with van der Waals surface area (Å²) in [5, 5.41) is 9.26. The molecule has 90 valence electrons. The Morgan fingerprint density at radius 2 is 1.89 bits per heavy atom. The Balaban J connectivity index is 2.20. The number of aliphatic hydroxyl groups is 1. The van der Waals surface area contributed by atoms with Gasteiger partial charge in [-0.25, -0.2) is 4.98 Å². The summed E-state index contributed by atoms with van der Waals surface area (Å²) in [7, 11) is 0. The summed E-state index contributed by atoms with van der Waals surface area (Å²) in [5.74, 6) is 0.865. The molecule has 0 atom stereocenters. The molecule has 0 spiro atoms. The van der Waals surface area contributed by atoms with Crippen LogP contribution >= 0.6 is 0 Å². The quantitative estimate of drug-likeness (QED) is 0.721. The SMILES string of the molecule is Cc1c(CO)ccc2[nH]c(-c3ccccc3)nc12. The third kappa shape index (κ3) is 1.69. The number of hydrogen-bond donors (Lipinski definition) is 2. The average Bonchev–Trinajstić information content (AvgIpc) is 2.85. The van der Waals surface area contributed by atoms with Crippen LogP contribution in [0, 0.1) is 6.92 Å². The normalized spacial score (nSPS) is 11.0. The van der Waals surface area contributed by atoms with Crippen LogP contribution in [0.4, 0.5) is 0 Å². The van der Waals surface area contributed by atoms with Gasteiger partial charge in [0.25, 0.3) is 0 Å². The average molecular weight is 238 g/mol. The van der Waals surface area contributed by atoms with E-state index >= 15 is 0 Å². The van der Waals surface area contributed by atoms with Crippen LogP contribution in [0.1, 0.15) is 11.1 Å². The molecule has 0 unspecified atom stereocenters. The highest BCUT2D eigenvalue weighted by Crippen LogP contribution is 2.24. The van der Waals surface area contributed by atoms with Crippen LogP contribution < -0.4 is 0 Å². The Morgan fingerprint density at radius 3 is 2.61 bits per heavy atom. The summed E-state index contributed by atoms with van der Waals surface area (Å²) in [6.07, 6.45) is 0. The van der Waals surface area contributed by atoms with Gasteiger partial charge >= 0.3 is 0 Å². The van der Waals surface area contributed by atoms with E-state index in [4.69, 9.17) is 0 Å². The second kappa shape index (κ2) is 4.27. The van der Waals surface area contributed by atoms with Crippen molar-refractivity contribution in [2.75, 3.05) is 0 Å². The number of rotatable bonds is 2. The predicted octanol–water partition coefficient (Wildman–Crippen LogP) is 3.03. The zero-order valence-corrected chi connectivity index (χ0v) is 10.1. The summed E-state index contributed by atoms with van der Waals surface area (Å²) >= 11 is 0. The molecule has 1 aromatic heterocycles. The van der Waals surface area contributed by atoms with E-state index in [1.54, 1.807) is 0 Å². The molecule has 2 N–H and O–H groups in total. The van der Waals surface area contributed by atoms with Crippen molar-refractivity contribution in [1.82, 2.24) is 9.97 Å². The third-order valence-corrected chi connectivity index (χ3v) is 3.24. The molecule has 3 aromatic rings. The maximum atomic E-state index is 9.26. The molecule has 0 saturated carbocycles. The fourth-order valence-electron chi connectivity index (χ4n) is 2.16. The van der Waals surface area contributed by atoms with Gasteiger partial charge in [0.15, 0.2) is 0 Å². The molecule has 3 heteroatoms. The molecular weight excluding hydrogens is 224 g/mol. The van der Waals surface area contributed by atoms with Gasteiger partial charge in [-0.3, -0.25) is 0 Å². The topological polar surface area (TPSA) is 48.9 Å². The molecule has 1 heterocycles. The number of aromatic amines is 1. The van der Waals surface area contributed by atoms with Gasteiger partial charge in [0.05, 0.1) is 17.6 Å². The highest BCUT2D eigenvalue weighted by Gasteiger charge is 2.09. The van der Waals surface area contributed by atoms with E-state index in [2.05, 4.69) is 9.97 Å². The summed E-state index contributed by atoms with van der Waals surface area (Å²) < 4.78 is 0. The van der Waals surface area contributed by atoms with Gasteiger partial charge in [-0.05, 0) is 24.1 Å². The van der Waals surface area contributed by atoms with E-state index in [9.17, 15) is 5.11 Å². The van der Waals surface area contributed by atoms with Gasteiger partial charge in [-0.1, -0.05) is 36.4 Å². The summed E-state index contributed by atoms with van der Waals surface area (Å²) in [5.41, 5.74) is 4.96. The Labute approximate surface area is 105 Å². The van der Waals surface area contributed by atoms with Gasteiger partial charge < -0.3 is 10.1 Å². The number of imidazole rings is 1. The van der Waals surface area contributed by atoms with Crippen molar-refractivity contribution in [2.45, 2.75) is 13.5 Å². The van der Waals surface area contributed by atoms with Gasteiger partial charge in [0.2, 0.25) is 0 Å². The lowest BCUT2D eigenvalue weighted by molar-refractivity contribution is 0.281. The van der Waals surface area contributed by atoms with Crippen molar-refractivity contribution in [2.24, 2.45) is 0 Å². The van der Waals surface area contributed by atoms with Crippen LogP contribution in [0.15, 0.2) is 42.5 Å². The minimum atomic E-state index is 0.0509. The van der Waals surface area contributed by atoms with Crippen molar-refractivity contribution < 1.29 is 5.11 Å². The van der Waals surface area contributed by atoms with E-state index in [1.165, 1.54) is 0 Å². The molecule has 0 aliphatic heterocycles. The van der Waals surface area contributed by atoms with Gasteiger partial charge in [-0.15, -0.1) is 0 Å². The largest absolute Gasteiger partial charge is 0.392 e. The highest BCUT2D eigenvalue weighted by molar-refractivity contribution is 5.83. The standard InChI is InChI=1S/C15H14N2O/c1-10-12(9-18)7-8-13-14(10)17-15(16-13)11-5-3-2-4-6-11/h2-8,18H,9H2,1H3,(H,16,17). The van der Waals surface area contributed by atoms with E-state index < -0.39 is 0 Å². The van der Waals surface area contributed by atoms with E-state index in [1.807, 2.05) is 49.4 Å². The molecular formula is C15H14N2O. The first-order valence-electron chi connectivity index (χ1n) is 5.94. The molecule has 0 bridgehead atoms. The highest BCUT2D eigenvalue weighted by atomic mass is 16.3. The van der Waals surface area contributed by atoms with Crippen LogP contribution in [-0.4, -0.2) is 15.1 Å². The van der Waals surface area contributed by atoms with E-state index in [0.29, 0.717) is 0 Å². The molecule has 3 nitrogen and oxygen atoms in total. The van der Waals surface area contributed by atoms with Crippen molar-refractivity contribution in [3.05, 3.63) is 53.6 Å². The van der Waals surface area contributed by atoms with Crippen molar-refractivity contribution in [3.8, 4) is 11.4 Å². The van der Waals surface area contributed by atoms with Crippen molar-refractivity contribution >= 4 is 11.0 Å². The van der Waals surface area contributed by atoms with Crippen molar-refractivity contribution in [3.63, 3.8) is 0 Å². The minimum absolute atomic E-state index is 0.0509. The lowest BCUT2D eigenvalue weighted by atomic mass is 10.1. The predicted molar refractivity (Wildman–Crippen MR) is 72.2 cm³/mol. The van der Waals surface area contributed by atoms with Gasteiger partial charge in [-0.2, -0.15) is 0 Å². The number of nitrogens with zero attached hydrogens (tertiary/aromatic N) is 1. The molecule has 0 saturated heterocycles. The maximum Gasteiger partial charge on any atom is 0.138 e. The second-order valence-electron chi connectivity index (χ2n) is 4.36. The van der Waals surface area contributed by atoms with Crippen molar-refractivity contribution in [1.29, 1.82) is 0 Å². The number of nitrogens with one attached hydrogen (secondary N) is 1. The fraction of sp³-hybridized carbons (Fsp3) is 0.133. The lowest BCUT2D eigenvalue weighted by Gasteiger charge is -2.01. The summed E-state index contributed by atoms with van der Waals surface area (Å²) in [6.45, 7) is 2.04. The number of hydrogen-bond acceptors (Lipinski definition) is 2. The fourth-order valence-corrected chi connectivity index (χ4v) is 2.16. The Kier molecular flexibility index (Phi) is 2.61. The van der Waals surface area contributed by atoms with Crippen LogP contribution in [0.2, 0.25) is 0 Å². The zero-order chi connectivity index (χ0) is 12.5. The monoisotopic (exact) mass is 238 g/mol. The summed E-state index contributed by atoms with van der Waals surface area (Å²) in [4.78, 5) is 7.94. The molecule has 0 aliphatic carbocycles. The molecule has 0 amide bonds. The Hall–Kier alpha value is -2.13. The first-order chi connectivity index (χ1) is 8.79. The Bertz CT molecular complexity index is 686.